The summed E-state index contributed by atoms with van der Waals surface area (Å²) in [5.41, 5.74) is 1.69. The Morgan fingerprint density at radius 3 is 2.46 bits per heavy atom. The summed E-state index contributed by atoms with van der Waals surface area (Å²) in [5, 5.41) is 0. The third-order valence-corrected chi connectivity index (χ3v) is 6.46. The van der Waals surface area contributed by atoms with E-state index in [9.17, 15) is 18.0 Å². The molecule has 0 aromatic heterocycles. The number of hydrogen-bond acceptors (Lipinski definition) is 4. The molecule has 2 rings (SSSR count). The van der Waals surface area contributed by atoms with Gasteiger partial charge in [-0.1, -0.05) is 0 Å². The number of hydrogen-bond donors (Lipinski definition) is 1. The molecule has 0 saturated carbocycles. The van der Waals surface area contributed by atoms with Gasteiger partial charge < -0.3 is 9.80 Å². The van der Waals surface area contributed by atoms with E-state index < -0.39 is 10.0 Å². The summed E-state index contributed by atoms with van der Waals surface area (Å²) in [6.45, 7) is 4.43. The van der Waals surface area contributed by atoms with Gasteiger partial charge in [0.15, 0.2) is 0 Å². The Kier molecular flexibility index (Phi) is 6.08. The number of sulfonamides is 1. The fourth-order valence-electron chi connectivity index (χ4n) is 3.25. The topological polar surface area (TPSA) is 86.8 Å². The Bertz CT molecular complexity index is 818. The number of carbonyl (C=O) groups excluding carboxylic acids is 2. The van der Waals surface area contributed by atoms with Crippen molar-refractivity contribution in [3.63, 3.8) is 0 Å². The Labute approximate surface area is 155 Å². The lowest BCUT2D eigenvalue weighted by molar-refractivity contribution is -0.134. The Morgan fingerprint density at radius 2 is 1.88 bits per heavy atom. The van der Waals surface area contributed by atoms with E-state index in [0.717, 1.165) is 18.4 Å². The standard InChI is InChI=1S/C18H27N3O4S/c1-12-9-15(10-16(13(12)2)26(24,25)19-3)18(23)21-8-6-7-14(11-21)17(22)20(4)5/h9-10,14,19H,6-8,11H2,1-5H3/t14-/m0/s1. The first-order valence-corrected chi connectivity index (χ1v) is 10.1. The summed E-state index contributed by atoms with van der Waals surface area (Å²) < 4.78 is 26.8. The van der Waals surface area contributed by atoms with Crippen LogP contribution in [0.3, 0.4) is 0 Å². The van der Waals surface area contributed by atoms with Crippen molar-refractivity contribution in [1.29, 1.82) is 0 Å². The number of rotatable bonds is 4. The molecule has 0 spiro atoms. The molecule has 2 amide bonds. The highest BCUT2D eigenvalue weighted by Gasteiger charge is 2.30. The second kappa shape index (κ2) is 7.75. The lowest BCUT2D eigenvalue weighted by atomic mass is 9.95. The smallest absolute Gasteiger partial charge is 0.253 e. The first-order chi connectivity index (χ1) is 12.1. The summed E-state index contributed by atoms with van der Waals surface area (Å²) in [5.74, 6) is -0.437. The zero-order valence-corrected chi connectivity index (χ0v) is 16.8. The normalized spacial score (nSPS) is 17.9. The molecule has 1 aliphatic rings. The van der Waals surface area contributed by atoms with Crippen LogP contribution >= 0.6 is 0 Å². The summed E-state index contributed by atoms with van der Waals surface area (Å²) >= 11 is 0. The average Bonchev–Trinajstić information content (AvgIpc) is 2.62. The lowest BCUT2D eigenvalue weighted by Crippen LogP contribution is -2.45. The van der Waals surface area contributed by atoms with Crippen LogP contribution in [0.5, 0.6) is 0 Å². The molecule has 1 N–H and O–H groups in total. The molecule has 7 nitrogen and oxygen atoms in total. The molecule has 0 unspecified atom stereocenters. The number of amides is 2. The predicted octanol–water partition coefficient (Wildman–Crippen LogP) is 1.15. The molecule has 1 fully saturated rings. The second-order valence-corrected chi connectivity index (χ2v) is 8.80. The number of carbonyl (C=O) groups is 2. The maximum absolute atomic E-state index is 13.0. The number of piperidine rings is 1. The molecule has 144 valence electrons. The fraction of sp³-hybridized carbons (Fsp3) is 0.556. The summed E-state index contributed by atoms with van der Waals surface area (Å²) in [6.07, 6.45) is 1.51. The van der Waals surface area contributed by atoms with Crippen LogP contribution < -0.4 is 4.72 Å². The molecule has 1 heterocycles. The van der Waals surface area contributed by atoms with Gasteiger partial charge in [0.2, 0.25) is 15.9 Å². The van der Waals surface area contributed by atoms with E-state index in [1.54, 1.807) is 43.8 Å². The largest absolute Gasteiger partial charge is 0.349 e. The van der Waals surface area contributed by atoms with E-state index in [-0.39, 0.29) is 22.6 Å². The molecule has 1 aromatic carbocycles. The molecular weight excluding hydrogens is 354 g/mol. The van der Waals surface area contributed by atoms with Crippen molar-refractivity contribution in [2.45, 2.75) is 31.6 Å². The lowest BCUT2D eigenvalue weighted by Gasteiger charge is -2.33. The summed E-state index contributed by atoms with van der Waals surface area (Å²) in [4.78, 5) is 28.5. The van der Waals surface area contributed by atoms with Gasteiger partial charge in [0, 0.05) is 32.7 Å². The van der Waals surface area contributed by atoms with Crippen LogP contribution in [0.4, 0.5) is 0 Å². The molecule has 26 heavy (non-hydrogen) atoms. The van der Waals surface area contributed by atoms with Crippen LogP contribution in [0.25, 0.3) is 0 Å². The zero-order valence-electron chi connectivity index (χ0n) is 16.0. The molecule has 1 atom stereocenters. The van der Waals surface area contributed by atoms with Gasteiger partial charge in [0.1, 0.15) is 0 Å². The Morgan fingerprint density at radius 1 is 1.23 bits per heavy atom. The van der Waals surface area contributed by atoms with Crippen molar-refractivity contribution < 1.29 is 18.0 Å². The van der Waals surface area contributed by atoms with Gasteiger partial charge in [-0.05, 0) is 57.0 Å². The SMILES string of the molecule is CNS(=O)(=O)c1cc(C(=O)N2CCC[C@H](C(=O)N(C)C)C2)cc(C)c1C. The van der Waals surface area contributed by atoms with E-state index in [0.29, 0.717) is 24.2 Å². The number of benzene rings is 1. The number of aryl methyl sites for hydroxylation is 1. The highest BCUT2D eigenvalue weighted by atomic mass is 32.2. The van der Waals surface area contributed by atoms with Crippen molar-refractivity contribution in [2.75, 3.05) is 34.2 Å². The quantitative estimate of drug-likeness (QED) is 0.848. The van der Waals surface area contributed by atoms with Crippen LogP contribution in [0, 0.1) is 19.8 Å². The van der Waals surface area contributed by atoms with Crippen molar-refractivity contribution in [1.82, 2.24) is 14.5 Å². The third-order valence-electron chi connectivity index (χ3n) is 4.92. The van der Waals surface area contributed by atoms with E-state index in [2.05, 4.69) is 4.72 Å². The van der Waals surface area contributed by atoms with Gasteiger partial charge >= 0.3 is 0 Å². The van der Waals surface area contributed by atoms with Crippen molar-refractivity contribution in [2.24, 2.45) is 5.92 Å². The van der Waals surface area contributed by atoms with Crippen LogP contribution in [-0.4, -0.2) is 64.3 Å². The predicted molar refractivity (Wildman–Crippen MR) is 99.5 cm³/mol. The first kappa shape index (κ1) is 20.4. The molecule has 0 aliphatic carbocycles. The molecule has 1 aromatic rings. The Hall–Kier alpha value is -1.93. The molecule has 0 radical (unpaired) electrons. The highest BCUT2D eigenvalue weighted by molar-refractivity contribution is 7.89. The zero-order chi connectivity index (χ0) is 19.6. The van der Waals surface area contributed by atoms with E-state index in [1.807, 2.05) is 0 Å². The maximum Gasteiger partial charge on any atom is 0.253 e. The van der Waals surface area contributed by atoms with Gasteiger partial charge in [0.05, 0.1) is 10.8 Å². The monoisotopic (exact) mass is 381 g/mol. The van der Waals surface area contributed by atoms with Gasteiger partial charge in [0.25, 0.3) is 5.91 Å². The molecular formula is C18H27N3O4S. The van der Waals surface area contributed by atoms with Crippen molar-refractivity contribution in [3.05, 3.63) is 28.8 Å². The fourth-order valence-corrected chi connectivity index (χ4v) is 4.32. The van der Waals surface area contributed by atoms with Crippen LogP contribution in [0.2, 0.25) is 0 Å². The minimum Gasteiger partial charge on any atom is -0.349 e. The van der Waals surface area contributed by atoms with Gasteiger partial charge in [-0.2, -0.15) is 0 Å². The van der Waals surface area contributed by atoms with E-state index >= 15 is 0 Å². The van der Waals surface area contributed by atoms with Crippen LogP contribution in [0.15, 0.2) is 17.0 Å². The third kappa shape index (κ3) is 4.07. The molecule has 0 bridgehead atoms. The number of nitrogens with zero attached hydrogens (tertiary/aromatic N) is 2. The molecule has 1 aliphatic heterocycles. The van der Waals surface area contributed by atoms with E-state index in [1.165, 1.54) is 13.1 Å². The summed E-state index contributed by atoms with van der Waals surface area (Å²) in [7, 11) is 1.11. The van der Waals surface area contributed by atoms with Crippen LogP contribution in [0.1, 0.15) is 34.3 Å². The van der Waals surface area contributed by atoms with E-state index in [4.69, 9.17) is 0 Å². The van der Waals surface area contributed by atoms with Gasteiger partial charge in [-0.15, -0.1) is 0 Å². The van der Waals surface area contributed by atoms with Gasteiger partial charge in [-0.25, -0.2) is 13.1 Å². The van der Waals surface area contributed by atoms with Crippen molar-refractivity contribution in [3.8, 4) is 0 Å². The maximum atomic E-state index is 13.0. The molecule has 8 heteroatoms. The van der Waals surface area contributed by atoms with Gasteiger partial charge in [-0.3, -0.25) is 9.59 Å². The van der Waals surface area contributed by atoms with Crippen LogP contribution in [-0.2, 0) is 14.8 Å². The minimum absolute atomic E-state index is 0.0148. The minimum atomic E-state index is -3.66. The summed E-state index contributed by atoms with van der Waals surface area (Å²) in [6, 6.07) is 3.14. The first-order valence-electron chi connectivity index (χ1n) is 8.63. The second-order valence-electron chi connectivity index (χ2n) is 6.95. The van der Waals surface area contributed by atoms with Crippen molar-refractivity contribution >= 4 is 21.8 Å². The Balaban J connectivity index is 2.34. The number of likely N-dealkylation sites (tertiary alicyclic amines) is 1. The number of nitrogens with one attached hydrogen (secondary N) is 1. The average molecular weight is 381 g/mol. The molecule has 1 saturated heterocycles. The highest BCUT2D eigenvalue weighted by Crippen LogP contribution is 2.24.